The van der Waals surface area contributed by atoms with Gasteiger partial charge in [0.25, 0.3) is 0 Å². The first-order valence-corrected chi connectivity index (χ1v) is 7.44. The molecule has 2 saturated heterocycles. The molecule has 1 aromatic carbocycles. The van der Waals surface area contributed by atoms with E-state index in [4.69, 9.17) is 4.74 Å². The maximum absolute atomic E-state index is 12.6. The number of hydrogen-bond donors (Lipinski definition) is 1. The fraction of sp³-hybridized carbons (Fsp3) is 0.562. The summed E-state index contributed by atoms with van der Waals surface area (Å²) in [5.74, 6) is 0.219. The van der Waals surface area contributed by atoms with Gasteiger partial charge in [-0.1, -0.05) is 31.2 Å². The van der Waals surface area contributed by atoms with Crippen LogP contribution in [0.2, 0.25) is 0 Å². The SMILES string of the molecule is CCC1NC(c2ccccc2C)N(C2CCOC2)C1=O. The first-order chi connectivity index (χ1) is 9.72. The highest BCUT2D eigenvalue weighted by molar-refractivity contribution is 5.85. The van der Waals surface area contributed by atoms with Crippen molar-refractivity contribution in [1.29, 1.82) is 0 Å². The van der Waals surface area contributed by atoms with Crippen molar-refractivity contribution in [2.45, 2.75) is 44.9 Å². The molecule has 4 heteroatoms. The van der Waals surface area contributed by atoms with Gasteiger partial charge in [-0.15, -0.1) is 0 Å². The van der Waals surface area contributed by atoms with E-state index in [1.165, 1.54) is 11.1 Å². The van der Waals surface area contributed by atoms with Gasteiger partial charge in [0, 0.05) is 6.61 Å². The van der Waals surface area contributed by atoms with Crippen LogP contribution in [0.5, 0.6) is 0 Å². The second-order valence-corrected chi connectivity index (χ2v) is 5.65. The van der Waals surface area contributed by atoms with Crippen molar-refractivity contribution in [1.82, 2.24) is 10.2 Å². The topological polar surface area (TPSA) is 41.6 Å². The molecule has 0 bridgehead atoms. The Balaban J connectivity index is 1.94. The summed E-state index contributed by atoms with van der Waals surface area (Å²) in [4.78, 5) is 14.6. The largest absolute Gasteiger partial charge is 0.379 e. The number of hydrogen-bond acceptors (Lipinski definition) is 3. The predicted octanol–water partition coefficient (Wildman–Crippen LogP) is 1.99. The molecule has 0 aromatic heterocycles. The van der Waals surface area contributed by atoms with E-state index in [1.807, 2.05) is 17.0 Å². The summed E-state index contributed by atoms with van der Waals surface area (Å²) < 4.78 is 5.48. The van der Waals surface area contributed by atoms with E-state index in [9.17, 15) is 4.79 Å². The van der Waals surface area contributed by atoms with Gasteiger partial charge in [0.05, 0.1) is 18.7 Å². The molecule has 2 heterocycles. The second kappa shape index (κ2) is 5.54. The van der Waals surface area contributed by atoms with Gasteiger partial charge in [0.2, 0.25) is 5.91 Å². The number of amides is 1. The number of nitrogens with one attached hydrogen (secondary N) is 1. The van der Waals surface area contributed by atoms with E-state index in [0.717, 1.165) is 19.4 Å². The molecular weight excluding hydrogens is 252 g/mol. The van der Waals surface area contributed by atoms with Gasteiger partial charge in [-0.05, 0) is 30.9 Å². The van der Waals surface area contributed by atoms with Crippen LogP contribution in [0, 0.1) is 6.92 Å². The summed E-state index contributed by atoms with van der Waals surface area (Å²) in [7, 11) is 0. The van der Waals surface area contributed by atoms with E-state index in [2.05, 4.69) is 31.3 Å². The number of carbonyl (C=O) groups excluding carboxylic acids is 1. The van der Waals surface area contributed by atoms with Crippen LogP contribution in [-0.2, 0) is 9.53 Å². The summed E-state index contributed by atoms with van der Waals surface area (Å²) in [6.07, 6.45) is 1.75. The number of benzene rings is 1. The van der Waals surface area contributed by atoms with Crippen LogP contribution in [-0.4, -0.2) is 36.1 Å². The average molecular weight is 274 g/mol. The molecule has 0 spiro atoms. The number of ether oxygens (including phenoxy) is 1. The molecule has 3 rings (SSSR count). The highest BCUT2D eigenvalue weighted by atomic mass is 16.5. The van der Waals surface area contributed by atoms with Crippen molar-refractivity contribution in [3.63, 3.8) is 0 Å². The number of aryl methyl sites for hydroxylation is 1. The summed E-state index contributed by atoms with van der Waals surface area (Å²) in [5.41, 5.74) is 2.42. The summed E-state index contributed by atoms with van der Waals surface area (Å²) in [6.45, 7) is 5.57. The van der Waals surface area contributed by atoms with Crippen molar-refractivity contribution in [2.75, 3.05) is 13.2 Å². The second-order valence-electron chi connectivity index (χ2n) is 5.65. The Kier molecular flexibility index (Phi) is 3.76. The van der Waals surface area contributed by atoms with Gasteiger partial charge in [0.15, 0.2) is 0 Å². The van der Waals surface area contributed by atoms with Crippen LogP contribution in [0.15, 0.2) is 24.3 Å². The van der Waals surface area contributed by atoms with Crippen molar-refractivity contribution < 1.29 is 9.53 Å². The lowest BCUT2D eigenvalue weighted by atomic mass is 10.0. The first-order valence-electron chi connectivity index (χ1n) is 7.44. The zero-order chi connectivity index (χ0) is 14.1. The molecule has 1 N–H and O–H groups in total. The smallest absolute Gasteiger partial charge is 0.241 e. The minimum absolute atomic E-state index is 0.0136. The highest BCUT2D eigenvalue weighted by Crippen LogP contribution is 2.32. The Morgan fingerprint density at radius 3 is 2.85 bits per heavy atom. The van der Waals surface area contributed by atoms with Gasteiger partial charge in [-0.25, -0.2) is 0 Å². The maximum atomic E-state index is 12.6. The van der Waals surface area contributed by atoms with E-state index in [-0.39, 0.29) is 24.2 Å². The lowest BCUT2D eigenvalue weighted by Gasteiger charge is -2.30. The Labute approximate surface area is 120 Å². The van der Waals surface area contributed by atoms with Crippen LogP contribution in [0.3, 0.4) is 0 Å². The first kappa shape index (κ1) is 13.6. The zero-order valence-corrected chi connectivity index (χ0v) is 12.1. The number of carbonyl (C=O) groups is 1. The molecule has 4 nitrogen and oxygen atoms in total. The molecule has 108 valence electrons. The quantitative estimate of drug-likeness (QED) is 0.916. The minimum Gasteiger partial charge on any atom is -0.379 e. The van der Waals surface area contributed by atoms with Gasteiger partial charge >= 0.3 is 0 Å². The summed E-state index contributed by atoms with van der Waals surface area (Å²) in [6, 6.07) is 8.43. The molecule has 1 aromatic rings. The van der Waals surface area contributed by atoms with Crippen LogP contribution in [0.25, 0.3) is 0 Å². The molecular formula is C16H22N2O2. The monoisotopic (exact) mass is 274 g/mol. The van der Waals surface area contributed by atoms with E-state index in [0.29, 0.717) is 6.61 Å². The van der Waals surface area contributed by atoms with Crippen LogP contribution < -0.4 is 5.32 Å². The Bertz CT molecular complexity index is 497. The van der Waals surface area contributed by atoms with Crippen LogP contribution in [0.1, 0.15) is 37.1 Å². The molecule has 3 unspecified atom stereocenters. The maximum Gasteiger partial charge on any atom is 0.241 e. The van der Waals surface area contributed by atoms with Gasteiger partial charge in [-0.2, -0.15) is 0 Å². The molecule has 1 amide bonds. The van der Waals surface area contributed by atoms with Crippen LogP contribution >= 0.6 is 0 Å². The molecule has 3 atom stereocenters. The fourth-order valence-corrected chi connectivity index (χ4v) is 3.21. The third kappa shape index (κ3) is 2.23. The van der Waals surface area contributed by atoms with E-state index < -0.39 is 0 Å². The lowest BCUT2D eigenvalue weighted by Crippen LogP contribution is -2.40. The molecule has 2 aliphatic rings. The Morgan fingerprint density at radius 1 is 1.40 bits per heavy atom. The van der Waals surface area contributed by atoms with E-state index >= 15 is 0 Å². The number of nitrogens with zero attached hydrogens (tertiary/aromatic N) is 1. The van der Waals surface area contributed by atoms with Gasteiger partial charge in [-0.3, -0.25) is 10.1 Å². The average Bonchev–Trinajstić information content (AvgIpc) is 3.06. The third-order valence-electron chi connectivity index (χ3n) is 4.38. The highest BCUT2D eigenvalue weighted by Gasteiger charge is 2.43. The van der Waals surface area contributed by atoms with Crippen molar-refractivity contribution in [3.05, 3.63) is 35.4 Å². The standard InChI is InChI=1S/C16H22N2O2/c1-3-14-16(19)18(12-8-9-20-10-12)15(17-14)13-7-5-4-6-11(13)2/h4-7,12,14-15,17H,3,8-10H2,1-2H3. The molecule has 0 aliphatic carbocycles. The molecule has 2 aliphatic heterocycles. The van der Waals surface area contributed by atoms with Crippen molar-refractivity contribution in [2.24, 2.45) is 0 Å². The summed E-state index contributed by atoms with van der Waals surface area (Å²) >= 11 is 0. The fourth-order valence-electron chi connectivity index (χ4n) is 3.21. The van der Waals surface area contributed by atoms with Gasteiger partial charge < -0.3 is 9.64 Å². The zero-order valence-electron chi connectivity index (χ0n) is 12.1. The summed E-state index contributed by atoms with van der Waals surface area (Å²) in [5, 5.41) is 3.50. The molecule has 0 saturated carbocycles. The molecule has 2 fully saturated rings. The molecule has 20 heavy (non-hydrogen) atoms. The minimum atomic E-state index is -0.0693. The normalized spacial score (nSPS) is 30.2. The van der Waals surface area contributed by atoms with E-state index in [1.54, 1.807) is 0 Å². The van der Waals surface area contributed by atoms with Crippen LogP contribution in [0.4, 0.5) is 0 Å². The third-order valence-corrected chi connectivity index (χ3v) is 4.38. The lowest BCUT2D eigenvalue weighted by molar-refractivity contribution is -0.132. The predicted molar refractivity (Wildman–Crippen MR) is 77.2 cm³/mol. The van der Waals surface area contributed by atoms with Crippen molar-refractivity contribution >= 4 is 5.91 Å². The number of rotatable bonds is 3. The Hall–Kier alpha value is -1.39. The van der Waals surface area contributed by atoms with Gasteiger partial charge in [0.1, 0.15) is 6.17 Å². The van der Waals surface area contributed by atoms with Crippen molar-refractivity contribution in [3.8, 4) is 0 Å². The Morgan fingerprint density at radius 2 is 2.20 bits per heavy atom. The molecule has 0 radical (unpaired) electrons.